The smallest absolute Gasteiger partial charge is 0.335 e. The normalized spacial score (nSPS) is 10.8. The minimum atomic E-state index is -1.10. The summed E-state index contributed by atoms with van der Waals surface area (Å²) >= 11 is 6.03. The van der Waals surface area contributed by atoms with Gasteiger partial charge in [-0.05, 0) is 30.3 Å². The number of carboxylic acids is 1. The van der Waals surface area contributed by atoms with E-state index in [2.05, 4.69) is 0 Å². The van der Waals surface area contributed by atoms with Gasteiger partial charge in [-0.25, -0.2) is 4.79 Å². The minimum Gasteiger partial charge on any atom is -0.507 e. The number of benzene rings is 2. The zero-order valence-electron chi connectivity index (χ0n) is 10.1. The largest absolute Gasteiger partial charge is 0.507 e. The third-order valence-electron chi connectivity index (χ3n) is 3.01. The quantitative estimate of drug-likeness (QED) is 0.743. The van der Waals surface area contributed by atoms with Crippen LogP contribution < -0.4 is 0 Å². The lowest BCUT2D eigenvalue weighted by molar-refractivity contribution is 0.0696. The molecule has 0 aliphatic heterocycles. The Bertz CT molecular complexity index is 820. The number of phenolic OH excluding ortho intramolecular Hbond substituents is 1. The second kappa shape index (κ2) is 4.58. The summed E-state index contributed by atoms with van der Waals surface area (Å²) < 4.78 is 5.63. The van der Waals surface area contributed by atoms with Crippen molar-refractivity contribution in [2.45, 2.75) is 0 Å². The molecule has 0 radical (unpaired) electrons. The SMILES string of the molecule is O=C(O)c1ccc(-c2cc3cccc(Cl)c3o2)c(O)c1. The Labute approximate surface area is 118 Å². The van der Waals surface area contributed by atoms with Gasteiger partial charge in [0.2, 0.25) is 0 Å². The first-order valence-electron chi connectivity index (χ1n) is 5.81. The number of carbonyl (C=O) groups is 1. The van der Waals surface area contributed by atoms with Gasteiger partial charge in [-0.15, -0.1) is 0 Å². The highest BCUT2D eigenvalue weighted by Gasteiger charge is 2.14. The van der Waals surface area contributed by atoms with Gasteiger partial charge in [-0.3, -0.25) is 0 Å². The van der Waals surface area contributed by atoms with Crippen LogP contribution in [0.4, 0.5) is 0 Å². The summed E-state index contributed by atoms with van der Waals surface area (Å²) in [4.78, 5) is 10.8. The molecule has 0 aliphatic rings. The maximum absolute atomic E-state index is 10.8. The van der Waals surface area contributed by atoms with E-state index in [1.165, 1.54) is 18.2 Å². The van der Waals surface area contributed by atoms with Gasteiger partial charge in [0.1, 0.15) is 11.5 Å². The third kappa shape index (κ3) is 2.00. The van der Waals surface area contributed by atoms with Gasteiger partial charge in [-0.1, -0.05) is 23.7 Å². The summed E-state index contributed by atoms with van der Waals surface area (Å²) in [5.41, 5.74) is 0.966. The molecule has 0 bridgehead atoms. The van der Waals surface area contributed by atoms with Gasteiger partial charge in [0.15, 0.2) is 5.58 Å². The molecule has 3 rings (SSSR count). The molecule has 0 saturated heterocycles. The Balaban J connectivity index is 2.16. The van der Waals surface area contributed by atoms with Crippen LogP contribution in [-0.4, -0.2) is 16.2 Å². The van der Waals surface area contributed by atoms with E-state index in [0.29, 0.717) is 21.9 Å². The first-order valence-corrected chi connectivity index (χ1v) is 6.19. The van der Waals surface area contributed by atoms with E-state index in [-0.39, 0.29) is 11.3 Å². The number of para-hydroxylation sites is 1. The summed E-state index contributed by atoms with van der Waals surface area (Å²) in [7, 11) is 0. The highest BCUT2D eigenvalue weighted by atomic mass is 35.5. The summed E-state index contributed by atoms with van der Waals surface area (Å²) in [6, 6.07) is 11.2. The average molecular weight is 289 g/mol. The molecule has 0 saturated carbocycles. The van der Waals surface area contributed by atoms with E-state index in [1.807, 2.05) is 6.07 Å². The van der Waals surface area contributed by atoms with E-state index in [0.717, 1.165) is 5.39 Å². The number of phenols is 1. The first kappa shape index (κ1) is 12.6. The van der Waals surface area contributed by atoms with Crippen molar-refractivity contribution in [1.82, 2.24) is 0 Å². The Morgan fingerprint density at radius 3 is 2.60 bits per heavy atom. The number of halogens is 1. The van der Waals surface area contributed by atoms with Gasteiger partial charge in [0.05, 0.1) is 16.1 Å². The van der Waals surface area contributed by atoms with Gasteiger partial charge >= 0.3 is 5.97 Å². The van der Waals surface area contributed by atoms with Crippen LogP contribution in [-0.2, 0) is 0 Å². The highest BCUT2D eigenvalue weighted by molar-refractivity contribution is 6.34. The van der Waals surface area contributed by atoms with Crippen molar-refractivity contribution in [3.63, 3.8) is 0 Å². The Morgan fingerprint density at radius 1 is 1.15 bits per heavy atom. The number of fused-ring (bicyclic) bond motifs is 1. The van der Waals surface area contributed by atoms with Crippen molar-refractivity contribution in [1.29, 1.82) is 0 Å². The molecule has 0 amide bonds. The fourth-order valence-corrected chi connectivity index (χ4v) is 2.25. The predicted molar refractivity (Wildman–Crippen MR) is 75.3 cm³/mol. The fourth-order valence-electron chi connectivity index (χ4n) is 2.03. The number of aromatic carboxylic acids is 1. The van der Waals surface area contributed by atoms with Crippen LogP contribution in [0.5, 0.6) is 5.75 Å². The number of hydrogen-bond donors (Lipinski definition) is 2. The predicted octanol–water partition coefficient (Wildman–Crippen LogP) is 4.16. The van der Waals surface area contributed by atoms with Crippen LogP contribution in [0.3, 0.4) is 0 Å². The van der Waals surface area contributed by atoms with Crippen LogP contribution in [0, 0.1) is 0 Å². The monoisotopic (exact) mass is 288 g/mol. The number of aromatic hydroxyl groups is 1. The summed E-state index contributed by atoms with van der Waals surface area (Å²) in [5.74, 6) is -0.817. The standard InChI is InChI=1S/C15H9ClO4/c16-11-3-1-2-8-7-13(20-14(8)11)10-5-4-9(15(18)19)6-12(10)17/h1-7,17H,(H,18,19). The molecule has 1 aromatic heterocycles. The maximum Gasteiger partial charge on any atom is 0.335 e. The zero-order valence-corrected chi connectivity index (χ0v) is 10.9. The van der Waals surface area contributed by atoms with Gasteiger partial charge in [0.25, 0.3) is 0 Å². The Morgan fingerprint density at radius 2 is 1.95 bits per heavy atom. The van der Waals surface area contributed by atoms with Crippen LogP contribution in [0.15, 0.2) is 46.9 Å². The van der Waals surface area contributed by atoms with E-state index in [9.17, 15) is 9.90 Å². The lowest BCUT2D eigenvalue weighted by atomic mass is 10.1. The number of rotatable bonds is 2. The molecule has 20 heavy (non-hydrogen) atoms. The highest BCUT2D eigenvalue weighted by Crippen LogP contribution is 2.36. The lowest BCUT2D eigenvalue weighted by Gasteiger charge is -2.02. The molecule has 0 atom stereocenters. The van der Waals surface area contributed by atoms with E-state index in [4.69, 9.17) is 21.1 Å². The maximum atomic E-state index is 10.8. The van der Waals surface area contributed by atoms with Crippen molar-refractivity contribution < 1.29 is 19.4 Å². The molecule has 0 unspecified atom stereocenters. The second-order valence-electron chi connectivity index (χ2n) is 4.31. The summed E-state index contributed by atoms with van der Waals surface area (Å²) in [6.07, 6.45) is 0. The molecular formula is C15H9ClO4. The summed E-state index contributed by atoms with van der Waals surface area (Å²) in [6.45, 7) is 0. The average Bonchev–Trinajstić information content (AvgIpc) is 2.83. The molecule has 2 aromatic carbocycles. The lowest BCUT2D eigenvalue weighted by Crippen LogP contribution is -1.95. The van der Waals surface area contributed by atoms with Crippen molar-refractivity contribution >= 4 is 28.5 Å². The molecule has 3 aromatic rings. The van der Waals surface area contributed by atoms with Crippen molar-refractivity contribution in [3.05, 3.63) is 53.1 Å². The van der Waals surface area contributed by atoms with E-state index in [1.54, 1.807) is 18.2 Å². The molecule has 0 aliphatic carbocycles. The van der Waals surface area contributed by atoms with Crippen LogP contribution in [0.2, 0.25) is 5.02 Å². The van der Waals surface area contributed by atoms with Gasteiger partial charge < -0.3 is 14.6 Å². The first-order chi connectivity index (χ1) is 9.56. The zero-order chi connectivity index (χ0) is 14.3. The van der Waals surface area contributed by atoms with Gasteiger partial charge in [0, 0.05) is 5.39 Å². The van der Waals surface area contributed by atoms with Crippen LogP contribution in [0.1, 0.15) is 10.4 Å². The topological polar surface area (TPSA) is 70.7 Å². The number of carboxylic acid groups (broad SMARTS) is 1. The molecule has 0 fully saturated rings. The molecule has 0 spiro atoms. The van der Waals surface area contributed by atoms with Crippen LogP contribution in [0.25, 0.3) is 22.3 Å². The fraction of sp³-hybridized carbons (Fsp3) is 0. The third-order valence-corrected chi connectivity index (χ3v) is 3.30. The number of hydrogen-bond acceptors (Lipinski definition) is 3. The molecule has 100 valence electrons. The van der Waals surface area contributed by atoms with Crippen molar-refractivity contribution in [3.8, 4) is 17.1 Å². The minimum absolute atomic E-state index is 0.0143. The van der Waals surface area contributed by atoms with E-state index >= 15 is 0 Å². The van der Waals surface area contributed by atoms with E-state index < -0.39 is 5.97 Å². The molecule has 2 N–H and O–H groups in total. The molecule has 4 nitrogen and oxygen atoms in total. The molecule has 5 heteroatoms. The molecular weight excluding hydrogens is 280 g/mol. The Hall–Kier alpha value is -2.46. The summed E-state index contributed by atoms with van der Waals surface area (Å²) in [5, 5.41) is 20.1. The van der Waals surface area contributed by atoms with Gasteiger partial charge in [-0.2, -0.15) is 0 Å². The number of furan rings is 1. The van der Waals surface area contributed by atoms with Crippen molar-refractivity contribution in [2.24, 2.45) is 0 Å². The second-order valence-corrected chi connectivity index (χ2v) is 4.71. The molecule has 1 heterocycles. The van der Waals surface area contributed by atoms with Crippen LogP contribution >= 0.6 is 11.6 Å². The van der Waals surface area contributed by atoms with Crippen molar-refractivity contribution in [2.75, 3.05) is 0 Å². The Kier molecular flexibility index (Phi) is 2.88.